The Balaban J connectivity index is 2.02. The molecule has 0 aliphatic heterocycles. The molecule has 0 radical (unpaired) electrons. The van der Waals surface area contributed by atoms with Gasteiger partial charge in [-0.25, -0.2) is 0 Å². The van der Waals surface area contributed by atoms with E-state index in [2.05, 4.69) is 58.4 Å². The SMILES string of the molecule is S=C(Nc1c(Br)cc(Br)cc1Br)NC1CCCC1. The van der Waals surface area contributed by atoms with Crippen LogP contribution in [0.2, 0.25) is 0 Å². The lowest BCUT2D eigenvalue weighted by molar-refractivity contribution is 0.634. The minimum Gasteiger partial charge on any atom is -0.360 e. The molecule has 0 bridgehead atoms. The molecule has 2 nitrogen and oxygen atoms in total. The van der Waals surface area contributed by atoms with Crippen molar-refractivity contribution in [3.8, 4) is 0 Å². The molecular weight excluding hydrogens is 444 g/mol. The Morgan fingerprint density at radius 2 is 1.67 bits per heavy atom. The lowest BCUT2D eigenvalue weighted by Crippen LogP contribution is -2.36. The van der Waals surface area contributed by atoms with Crippen molar-refractivity contribution >= 4 is 70.8 Å². The van der Waals surface area contributed by atoms with E-state index in [1.165, 1.54) is 25.7 Å². The zero-order valence-electron chi connectivity index (χ0n) is 9.60. The average molecular weight is 457 g/mol. The van der Waals surface area contributed by atoms with Crippen LogP contribution >= 0.6 is 60.0 Å². The van der Waals surface area contributed by atoms with E-state index in [-0.39, 0.29) is 0 Å². The van der Waals surface area contributed by atoms with E-state index in [4.69, 9.17) is 12.2 Å². The van der Waals surface area contributed by atoms with E-state index in [9.17, 15) is 0 Å². The number of hydrogen-bond donors (Lipinski definition) is 2. The molecule has 1 aliphatic rings. The summed E-state index contributed by atoms with van der Waals surface area (Å²) in [5.74, 6) is 0. The Hall–Kier alpha value is 0.350. The van der Waals surface area contributed by atoms with Crippen molar-refractivity contribution in [2.24, 2.45) is 0 Å². The van der Waals surface area contributed by atoms with Gasteiger partial charge in [-0.05, 0) is 69.1 Å². The topological polar surface area (TPSA) is 24.1 Å². The number of anilines is 1. The highest BCUT2D eigenvalue weighted by Crippen LogP contribution is 2.34. The second kappa shape index (κ2) is 6.68. The Morgan fingerprint density at radius 1 is 1.11 bits per heavy atom. The lowest BCUT2D eigenvalue weighted by Gasteiger charge is -2.17. The Kier molecular flexibility index (Phi) is 5.47. The number of hydrogen-bond acceptors (Lipinski definition) is 1. The first kappa shape index (κ1) is 14.8. The van der Waals surface area contributed by atoms with Crippen molar-refractivity contribution in [2.75, 3.05) is 5.32 Å². The van der Waals surface area contributed by atoms with Gasteiger partial charge < -0.3 is 10.6 Å². The van der Waals surface area contributed by atoms with Crippen molar-refractivity contribution in [2.45, 2.75) is 31.7 Å². The molecule has 0 spiro atoms. The number of benzene rings is 1. The maximum absolute atomic E-state index is 5.35. The molecule has 0 heterocycles. The molecular formula is C12H13Br3N2S. The second-order valence-electron chi connectivity index (χ2n) is 4.32. The molecule has 1 saturated carbocycles. The maximum atomic E-state index is 5.35. The first-order valence-corrected chi connectivity index (χ1v) is 8.57. The van der Waals surface area contributed by atoms with Crippen LogP contribution in [0.4, 0.5) is 5.69 Å². The van der Waals surface area contributed by atoms with Gasteiger partial charge in [-0.3, -0.25) is 0 Å². The number of thiocarbonyl (C=S) groups is 1. The standard InChI is InChI=1S/C12H13Br3N2S/c13-7-5-9(14)11(10(15)6-7)17-12(18)16-8-3-1-2-4-8/h5-6,8H,1-4H2,(H2,16,17,18). The minimum atomic E-state index is 0.526. The van der Waals surface area contributed by atoms with Crippen molar-refractivity contribution < 1.29 is 0 Å². The van der Waals surface area contributed by atoms with Crippen LogP contribution in [0.5, 0.6) is 0 Å². The van der Waals surface area contributed by atoms with Gasteiger partial charge in [-0.15, -0.1) is 0 Å². The van der Waals surface area contributed by atoms with Crippen LogP contribution in [0.1, 0.15) is 25.7 Å². The fourth-order valence-electron chi connectivity index (χ4n) is 2.07. The first-order valence-electron chi connectivity index (χ1n) is 5.78. The van der Waals surface area contributed by atoms with E-state index < -0.39 is 0 Å². The summed E-state index contributed by atoms with van der Waals surface area (Å²) in [5.41, 5.74) is 0.952. The molecule has 0 amide bonds. The monoisotopic (exact) mass is 454 g/mol. The third kappa shape index (κ3) is 3.92. The molecule has 2 N–H and O–H groups in total. The van der Waals surface area contributed by atoms with Crippen molar-refractivity contribution in [1.82, 2.24) is 5.32 Å². The number of nitrogens with one attached hydrogen (secondary N) is 2. The summed E-state index contributed by atoms with van der Waals surface area (Å²) in [4.78, 5) is 0. The molecule has 0 aromatic heterocycles. The normalized spacial score (nSPS) is 15.7. The highest BCUT2D eigenvalue weighted by Gasteiger charge is 2.16. The van der Waals surface area contributed by atoms with Crippen molar-refractivity contribution in [3.05, 3.63) is 25.6 Å². The summed E-state index contributed by atoms with van der Waals surface area (Å²) < 4.78 is 2.96. The van der Waals surface area contributed by atoms with Gasteiger partial charge in [0, 0.05) is 19.5 Å². The zero-order chi connectivity index (χ0) is 13.1. The lowest BCUT2D eigenvalue weighted by atomic mass is 10.2. The van der Waals surface area contributed by atoms with E-state index in [0.717, 1.165) is 19.1 Å². The number of halogens is 3. The van der Waals surface area contributed by atoms with Crippen molar-refractivity contribution in [1.29, 1.82) is 0 Å². The van der Waals surface area contributed by atoms with Crippen LogP contribution in [0.3, 0.4) is 0 Å². The largest absolute Gasteiger partial charge is 0.360 e. The predicted octanol–water partition coefficient (Wildman–Crippen LogP) is 5.20. The van der Waals surface area contributed by atoms with Gasteiger partial charge in [-0.1, -0.05) is 28.8 Å². The molecule has 1 aromatic carbocycles. The van der Waals surface area contributed by atoms with Crippen LogP contribution in [-0.4, -0.2) is 11.2 Å². The van der Waals surface area contributed by atoms with Gasteiger partial charge in [0.2, 0.25) is 0 Å². The van der Waals surface area contributed by atoms with Gasteiger partial charge in [-0.2, -0.15) is 0 Å². The summed E-state index contributed by atoms with van der Waals surface area (Å²) in [6, 6.07) is 4.51. The smallest absolute Gasteiger partial charge is 0.171 e. The average Bonchev–Trinajstić information content (AvgIpc) is 2.76. The summed E-state index contributed by atoms with van der Waals surface area (Å²) in [6.07, 6.45) is 5.02. The summed E-state index contributed by atoms with van der Waals surface area (Å²) in [6.45, 7) is 0. The molecule has 0 atom stereocenters. The zero-order valence-corrected chi connectivity index (χ0v) is 15.2. The van der Waals surface area contributed by atoms with E-state index in [1.54, 1.807) is 0 Å². The molecule has 98 valence electrons. The molecule has 0 unspecified atom stereocenters. The molecule has 18 heavy (non-hydrogen) atoms. The third-order valence-electron chi connectivity index (χ3n) is 2.94. The fraction of sp³-hybridized carbons (Fsp3) is 0.417. The minimum absolute atomic E-state index is 0.526. The van der Waals surface area contributed by atoms with Crippen LogP contribution < -0.4 is 10.6 Å². The van der Waals surface area contributed by atoms with Gasteiger partial charge in [0.15, 0.2) is 5.11 Å². The molecule has 2 rings (SSSR count). The van der Waals surface area contributed by atoms with E-state index in [1.807, 2.05) is 12.1 Å². The van der Waals surface area contributed by atoms with Gasteiger partial charge in [0.1, 0.15) is 0 Å². The van der Waals surface area contributed by atoms with Crippen LogP contribution in [0.15, 0.2) is 25.6 Å². The Bertz CT molecular complexity index is 436. The molecule has 6 heteroatoms. The maximum Gasteiger partial charge on any atom is 0.171 e. The van der Waals surface area contributed by atoms with Crippen LogP contribution in [0, 0.1) is 0 Å². The quantitative estimate of drug-likeness (QED) is 0.598. The van der Waals surface area contributed by atoms with E-state index >= 15 is 0 Å². The molecule has 1 aliphatic carbocycles. The second-order valence-corrected chi connectivity index (χ2v) is 7.36. The third-order valence-corrected chi connectivity index (χ3v) is 4.86. The van der Waals surface area contributed by atoms with Crippen LogP contribution in [-0.2, 0) is 0 Å². The highest BCUT2D eigenvalue weighted by atomic mass is 79.9. The summed E-state index contributed by atoms with van der Waals surface area (Å²) >= 11 is 15.9. The summed E-state index contributed by atoms with van der Waals surface area (Å²) in [5, 5.41) is 7.29. The first-order chi connectivity index (χ1) is 8.56. The highest BCUT2D eigenvalue weighted by molar-refractivity contribution is 9.11. The summed E-state index contributed by atoms with van der Waals surface area (Å²) in [7, 11) is 0. The molecule has 1 aromatic rings. The number of rotatable bonds is 2. The van der Waals surface area contributed by atoms with Crippen molar-refractivity contribution in [3.63, 3.8) is 0 Å². The Morgan fingerprint density at radius 3 is 2.22 bits per heavy atom. The van der Waals surface area contributed by atoms with E-state index in [0.29, 0.717) is 11.2 Å². The van der Waals surface area contributed by atoms with Gasteiger partial charge >= 0.3 is 0 Å². The fourth-order valence-corrected chi connectivity index (χ4v) is 4.79. The van der Waals surface area contributed by atoms with Gasteiger partial charge in [0.05, 0.1) is 5.69 Å². The molecule has 0 saturated heterocycles. The predicted molar refractivity (Wildman–Crippen MR) is 91.2 cm³/mol. The Labute approximate surface area is 138 Å². The van der Waals surface area contributed by atoms with Crippen LogP contribution in [0.25, 0.3) is 0 Å². The van der Waals surface area contributed by atoms with Gasteiger partial charge in [0.25, 0.3) is 0 Å². The molecule has 1 fully saturated rings.